The van der Waals surface area contributed by atoms with E-state index in [2.05, 4.69) is 5.32 Å². The quantitative estimate of drug-likeness (QED) is 0.300. The predicted molar refractivity (Wildman–Crippen MR) is 133 cm³/mol. The summed E-state index contributed by atoms with van der Waals surface area (Å²) in [7, 11) is 0. The molecule has 4 heterocycles. The molecule has 1 aromatic carbocycles. The molecule has 1 atom stereocenters. The van der Waals surface area contributed by atoms with Gasteiger partial charge in [0, 0.05) is 17.0 Å². The van der Waals surface area contributed by atoms with Gasteiger partial charge in [0.05, 0.1) is 29.5 Å². The fraction of sp³-hybridized carbons (Fsp3) is 0.417. The van der Waals surface area contributed by atoms with Crippen LogP contribution < -0.4 is 15.6 Å². The molecule has 2 aliphatic rings. The topological polar surface area (TPSA) is 99.5 Å². The molecule has 0 aliphatic carbocycles. The van der Waals surface area contributed by atoms with Crippen molar-refractivity contribution >= 4 is 50.7 Å². The zero-order valence-electron chi connectivity index (χ0n) is 19.0. The summed E-state index contributed by atoms with van der Waals surface area (Å²) < 4.78 is 12.8. The molecule has 3 aromatic rings. The van der Waals surface area contributed by atoms with E-state index in [-0.39, 0.29) is 35.7 Å². The Morgan fingerprint density at radius 3 is 2.97 bits per heavy atom. The molecule has 5 rings (SSSR count). The van der Waals surface area contributed by atoms with Gasteiger partial charge >= 0.3 is 0 Å². The van der Waals surface area contributed by atoms with Crippen LogP contribution in [0.15, 0.2) is 28.2 Å². The van der Waals surface area contributed by atoms with Gasteiger partial charge in [0.2, 0.25) is 0 Å². The molecule has 0 saturated carbocycles. The van der Waals surface area contributed by atoms with Crippen molar-refractivity contribution in [3.63, 3.8) is 0 Å². The Morgan fingerprint density at radius 1 is 1.35 bits per heavy atom. The molecule has 34 heavy (non-hydrogen) atoms. The van der Waals surface area contributed by atoms with E-state index in [0.717, 1.165) is 29.7 Å². The van der Waals surface area contributed by atoms with Gasteiger partial charge in [0.25, 0.3) is 11.5 Å². The van der Waals surface area contributed by atoms with Gasteiger partial charge in [-0.2, -0.15) is 0 Å². The Balaban J connectivity index is 1.44. The first-order valence-corrected chi connectivity index (χ1v) is 13.1. The van der Waals surface area contributed by atoms with Crippen LogP contribution in [0.4, 0.5) is 5.69 Å². The molecule has 2 aliphatic heterocycles. The maximum atomic E-state index is 13.6. The van der Waals surface area contributed by atoms with Crippen molar-refractivity contribution < 1.29 is 19.1 Å². The van der Waals surface area contributed by atoms with Crippen LogP contribution in [0.3, 0.4) is 0 Å². The lowest BCUT2D eigenvalue weighted by atomic mass is 10.1. The molecule has 1 unspecified atom stereocenters. The maximum Gasteiger partial charge on any atom is 0.263 e. The second-order valence-corrected chi connectivity index (χ2v) is 10.5. The number of thiophene rings is 1. The number of anilines is 1. The van der Waals surface area contributed by atoms with Gasteiger partial charge in [0.15, 0.2) is 17.5 Å². The number of rotatable bonds is 7. The third-order valence-corrected chi connectivity index (χ3v) is 8.13. The summed E-state index contributed by atoms with van der Waals surface area (Å²) in [6, 6.07) is 5.00. The minimum absolute atomic E-state index is 0.0268. The number of benzene rings is 1. The molecular formula is C24H25N3O5S2. The number of ketones is 1. The molecule has 178 valence electrons. The van der Waals surface area contributed by atoms with Gasteiger partial charge in [-0.3, -0.25) is 19.0 Å². The Kier molecular flexibility index (Phi) is 6.46. The van der Waals surface area contributed by atoms with Crippen molar-refractivity contribution in [1.82, 2.24) is 9.55 Å². The smallest absolute Gasteiger partial charge is 0.263 e. The number of Topliss-reactive ketones (excluding diaryl/α,β-unsaturated/α-hetero) is 1. The van der Waals surface area contributed by atoms with Gasteiger partial charge in [-0.1, -0.05) is 18.7 Å². The average Bonchev–Trinajstić information content (AvgIpc) is 3.45. The monoisotopic (exact) mass is 499 g/mol. The highest BCUT2D eigenvalue weighted by atomic mass is 32.2. The van der Waals surface area contributed by atoms with E-state index in [0.29, 0.717) is 45.5 Å². The molecule has 1 fully saturated rings. The maximum absolute atomic E-state index is 13.6. The number of nitrogens with zero attached hydrogens (tertiary/aromatic N) is 2. The fourth-order valence-electron chi connectivity index (χ4n) is 4.39. The van der Waals surface area contributed by atoms with E-state index in [1.165, 1.54) is 23.1 Å². The minimum atomic E-state index is -0.250. The van der Waals surface area contributed by atoms with Gasteiger partial charge in [-0.15, -0.1) is 11.3 Å². The van der Waals surface area contributed by atoms with Crippen molar-refractivity contribution in [2.75, 3.05) is 24.3 Å². The van der Waals surface area contributed by atoms with E-state index < -0.39 is 0 Å². The molecule has 1 amide bonds. The lowest BCUT2D eigenvalue weighted by Gasteiger charge is -2.18. The van der Waals surface area contributed by atoms with Crippen LogP contribution >= 0.6 is 23.1 Å². The number of aryl methyl sites for hydroxylation is 2. The first-order valence-electron chi connectivity index (χ1n) is 11.3. The van der Waals surface area contributed by atoms with Gasteiger partial charge in [0.1, 0.15) is 10.6 Å². The van der Waals surface area contributed by atoms with Gasteiger partial charge in [-0.25, -0.2) is 4.98 Å². The molecule has 0 radical (unpaired) electrons. The third-order valence-electron chi connectivity index (χ3n) is 6.11. The van der Waals surface area contributed by atoms with E-state index in [1.807, 2.05) is 13.8 Å². The zero-order valence-corrected chi connectivity index (χ0v) is 20.6. The molecule has 0 spiro atoms. The van der Waals surface area contributed by atoms with Crippen LogP contribution in [0.25, 0.3) is 10.2 Å². The highest BCUT2D eigenvalue weighted by Crippen LogP contribution is 2.32. The first-order chi connectivity index (χ1) is 16.4. The molecule has 10 heteroatoms. The fourth-order valence-corrected chi connectivity index (χ4v) is 6.45. The number of thioether (sulfide) groups is 1. The minimum Gasteiger partial charge on any atom is -0.482 e. The summed E-state index contributed by atoms with van der Waals surface area (Å²) in [5.74, 6) is 0.283. The summed E-state index contributed by atoms with van der Waals surface area (Å²) in [5, 5.41) is 3.94. The second-order valence-electron chi connectivity index (χ2n) is 8.38. The Morgan fingerprint density at radius 2 is 2.21 bits per heavy atom. The lowest BCUT2D eigenvalue weighted by Crippen LogP contribution is -2.29. The molecule has 1 N–H and O–H groups in total. The summed E-state index contributed by atoms with van der Waals surface area (Å²) in [6.07, 6.45) is 2.62. The van der Waals surface area contributed by atoms with Crippen molar-refractivity contribution in [1.29, 1.82) is 0 Å². The molecule has 1 saturated heterocycles. The number of carbonyl (C=O) groups is 2. The second kappa shape index (κ2) is 9.52. The Labute approximate surface area is 204 Å². The summed E-state index contributed by atoms with van der Waals surface area (Å²) >= 11 is 2.78. The lowest BCUT2D eigenvalue weighted by molar-refractivity contribution is -0.118. The molecular weight excluding hydrogens is 474 g/mol. The standard InChI is InChI=1S/C24H25N3O5S2/c1-3-16-13(2)34-22-21(16)23(30)27(10-15-5-4-8-31-15)24(26-22)33-12-18(28)14-6-7-19-17(9-14)25-20(29)11-32-19/h6-7,9,15H,3-5,8,10-12H2,1-2H3,(H,25,29). The van der Waals surface area contributed by atoms with Crippen LogP contribution in [0.5, 0.6) is 5.75 Å². The number of hydrogen-bond acceptors (Lipinski definition) is 8. The van der Waals surface area contributed by atoms with Gasteiger partial charge in [-0.05, 0) is 49.9 Å². The summed E-state index contributed by atoms with van der Waals surface area (Å²) in [5.41, 5.74) is 1.93. The van der Waals surface area contributed by atoms with Crippen LogP contribution in [0.1, 0.15) is 40.6 Å². The molecule has 2 aromatic heterocycles. The average molecular weight is 500 g/mol. The number of nitrogens with one attached hydrogen (secondary N) is 1. The van der Waals surface area contributed by atoms with Crippen LogP contribution in [-0.4, -0.2) is 46.3 Å². The SMILES string of the molecule is CCc1c(C)sc2nc(SCC(=O)c3ccc4c(c3)NC(=O)CO4)n(CC3CCCO3)c(=O)c12. The number of amides is 1. The number of carbonyl (C=O) groups excluding carboxylic acids is 2. The van der Waals surface area contributed by atoms with Crippen LogP contribution in [0.2, 0.25) is 0 Å². The number of ether oxygens (including phenoxy) is 2. The van der Waals surface area contributed by atoms with E-state index in [1.54, 1.807) is 22.8 Å². The predicted octanol–water partition coefficient (Wildman–Crippen LogP) is 3.81. The highest BCUT2D eigenvalue weighted by molar-refractivity contribution is 7.99. The van der Waals surface area contributed by atoms with Crippen molar-refractivity contribution in [2.45, 2.75) is 50.9 Å². The first kappa shape index (κ1) is 23.1. The number of fused-ring (bicyclic) bond motifs is 2. The molecule has 0 bridgehead atoms. The van der Waals surface area contributed by atoms with Crippen molar-refractivity contribution in [3.8, 4) is 5.75 Å². The van der Waals surface area contributed by atoms with E-state index in [4.69, 9.17) is 14.5 Å². The van der Waals surface area contributed by atoms with Crippen LogP contribution in [0, 0.1) is 6.92 Å². The number of hydrogen-bond donors (Lipinski definition) is 1. The molecule has 8 nitrogen and oxygen atoms in total. The Bertz CT molecular complexity index is 1340. The van der Waals surface area contributed by atoms with Crippen LogP contribution in [-0.2, 0) is 22.5 Å². The van der Waals surface area contributed by atoms with E-state index >= 15 is 0 Å². The summed E-state index contributed by atoms with van der Waals surface area (Å²) in [6.45, 7) is 5.16. The normalized spacial score (nSPS) is 17.5. The largest absolute Gasteiger partial charge is 0.482 e. The van der Waals surface area contributed by atoms with Crippen molar-refractivity contribution in [3.05, 3.63) is 44.6 Å². The Hall–Kier alpha value is -2.69. The van der Waals surface area contributed by atoms with Crippen molar-refractivity contribution in [2.24, 2.45) is 0 Å². The van der Waals surface area contributed by atoms with E-state index in [9.17, 15) is 14.4 Å². The van der Waals surface area contributed by atoms with Gasteiger partial charge < -0.3 is 14.8 Å². The highest BCUT2D eigenvalue weighted by Gasteiger charge is 2.24. The zero-order chi connectivity index (χ0) is 23.8. The third kappa shape index (κ3) is 4.37. The number of aromatic nitrogens is 2. The summed E-state index contributed by atoms with van der Waals surface area (Å²) in [4.78, 5) is 44.8.